The molecule has 2 atom stereocenters. The molecule has 0 saturated heterocycles. The minimum Gasteiger partial charge on any atom is -0.384 e. The highest BCUT2D eigenvalue weighted by Gasteiger charge is 2.41. The van der Waals surface area contributed by atoms with Crippen molar-refractivity contribution >= 4 is 43.5 Å². The largest absolute Gasteiger partial charge is 0.384 e. The number of ether oxygens (including phenoxy) is 1. The molecule has 0 spiro atoms. The van der Waals surface area contributed by atoms with E-state index in [2.05, 4.69) is 31.9 Å². The predicted molar refractivity (Wildman–Crippen MR) is 70.8 cm³/mol. The average Bonchev–Trinajstić information content (AvgIpc) is 2.50. The number of methoxy groups -OCH3 is 1. The molecular formula is C11H11Br2NO3. The normalized spacial score (nSPS) is 22.8. The first-order valence-corrected chi connectivity index (χ1v) is 6.55. The van der Waals surface area contributed by atoms with Gasteiger partial charge in [-0.25, -0.2) is 0 Å². The maximum absolute atomic E-state index is 11.7. The van der Waals surface area contributed by atoms with Crippen LogP contribution in [-0.4, -0.2) is 24.4 Å². The summed E-state index contributed by atoms with van der Waals surface area (Å²) in [4.78, 5) is 13.1. The molecule has 4 nitrogen and oxygen atoms in total. The summed E-state index contributed by atoms with van der Waals surface area (Å²) >= 11 is 6.75. The number of aliphatic hydroxyl groups excluding tert-OH is 1. The van der Waals surface area contributed by atoms with Crippen molar-refractivity contribution in [1.29, 1.82) is 0 Å². The van der Waals surface area contributed by atoms with E-state index in [4.69, 9.17) is 4.74 Å². The molecule has 1 amide bonds. The van der Waals surface area contributed by atoms with Gasteiger partial charge in [0.25, 0.3) is 0 Å². The van der Waals surface area contributed by atoms with Crippen molar-refractivity contribution in [3.8, 4) is 0 Å². The number of anilines is 1. The quantitative estimate of drug-likeness (QED) is 0.833. The van der Waals surface area contributed by atoms with Gasteiger partial charge in [0.15, 0.2) is 6.23 Å². The highest BCUT2D eigenvalue weighted by atomic mass is 79.9. The predicted octanol–water partition coefficient (Wildman–Crippen LogP) is 2.58. The number of carbonyl (C=O) groups excluding carboxylic acids is 1. The number of benzene rings is 1. The molecule has 2 unspecified atom stereocenters. The number of hydrogen-bond acceptors (Lipinski definition) is 3. The smallest absolute Gasteiger partial charge is 0.226 e. The molecule has 0 fully saturated rings. The fraction of sp³-hybridized carbons (Fsp3) is 0.364. The van der Waals surface area contributed by atoms with Crippen molar-refractivity contribution in [2.75, 3.05) is 12.0 Å². The van der Waals surface area contributed by atoms with Crippen LogP contribution in [0, 0.1) is 0 Å². The first-order valence-electron chi connectivity index (χ1n) is 4.97. The lowest BCUT2D eigenvalue weighted by Crippen LogP contribution is -2.39. The van der Waals surface area contributed by atoms with Crippen LogP contribution in [-0.2, 0) is 9.53 Å². The topological polar surface area (TPSA) is 49.8 Å². The third kappa shape index (κ3) is 2.03. The summed E-state index contributed by atoms with van der Waals surface area (Å²) in [5.41, 5.74) is 1.34. The molecule has 1 N–H and O–H groups in total. The van der Waals surface area contributed by atoms with Gasteiger partial charge < -0.3 is 9.84 Å². The Kier molecular flexibility index (Phi) is 3.58. The summed E-state index contributed by atoms with van der Waals surface area (Å²) in [6.45, 7) is 1.45. The number of carbonyl (C=O) groups is 1. The van der Waals surface area contributed by atoms with Crippen LogP contribution in [0.1, 0.15) is 18.6 Å². The van der Waals surface area contributed by atoms with Crippen LogP contribution in [0.25, 0.3) is 0 Å². The van der Waals surface area contributed by atoms with Crippen molar-refractivity contribution in [3.05, 3.63) is 26.6 Å². The Labute approximate surface area is 116 Å². The summed E-state index contributed by atoms with van der Waals surface area (Å²) in [6.07, 6.45) is -1.52. The van der Waals surface area contributed by atoms with Gasteiger partial charge in [-0.1, -0.05) is 31.9 Å². The van der Waals surface area contributed by atoms with Crippen LogP contribution in [0.4, 0.5) is 5.69 Å². The van der Waals surface area contributed by atoms with Crippen LogP contribution < -0.4 is 4.90 Å². The van der Waals surface area contributed by atoms with E-state index in [1.165, 1.54) is 18.9 Å². The summed E-state index contributed by atoms with van der Waals surface area (Å²) in [6, 6.07) is 3.63. The monoisotopic (exact) mass is 363 g/mol. The molecule has 1 aliphatic heterocycles. The van der Waals surface area contributed by atoms with Gasteiger partial charge in [0.05, 0.1) is 5.69 Å². The third-order valence-electron chi connectivity index (χ3n) is 2.73. The fourth-order valence-corrected chi connectivity index (χ4v) is 3.50. The molecule has 1 aliphatic rings. The maximum atomic E-state index is 11.7. The molecule has 2 rings (SSSR count). The average molecular weight is 365 g/mol. The lowest BCUT2D eigenvalue weighted by atomic mass is 10.1. The van der Waals surface area contributed by atoms with E-state index in [1.54, 1.807) is 6.07 Å². The first-order chi connectivity index (χ1) is 7.97. The van der Waals surface area contributed by atoms with Gasteiger partial charge in [-0.3, -0.25) is 9.69 Å². The van der Waals surface area contributed by atoms with E-state index in [-0.39, 0.29) is 5.91 Å². The number of aliphatic hydroxyl groups is 1. The van der Waals surface area contributed by atoms with E-state index in [0.29, 0.717) is 11.3 Å². The Morgan fingerprint density at radius 2 is 2.12 bits per heavy atom. The van der Waals surface area contributed by atoms with E-state index in [1.807, 2.05) is 6.07 Å². The second-order valence-electron chi connectivity index (χ2n) is 3.78. The molecule has 0 bridgehead atoms. The molecule has 0 aromatic heterocycles. The second kappa shape index (κ2) is 4.68. The number of fused-ring (bicyclic) bond motifs is 1. The standard InChI is InChI=1S/C11H11Br2NO3/c1-5(15)14-8-4-6(12)3-7(13)9(8)10(16)11(14)17-2/h3-4,10-11,16H,1-2H3. The summed E-state index contributed by atoms with van der Waals surface area (Å²) in [7, 11) is 1.47. The van der Waals surface area contributed by atoms with Gasteiger partial charge >= 0.3 is 0 Å². The maximum Gasteiger partial charge on any atom is 0.226 e. The van der Waals surface area contributed by atoms with Crippen LogP contribution in [0.15, 0.2) is 21.1 Å². The van der Waals surface area contributed by atoms with Crippen molar-refractivity contribution in [3.63, 3.8) is 0 Å². The number of hydrogen-bond donors (Lipinski definition) is 1. The Morgan fingerprint density at radius 3 is 2.65 bits per heavy atom. The first kappa shape index (κ1) is 13.0. The Morgan fingerprint density at radius 1 is 1.47 bits per heavy atom. The van der Waals surface area contributed by atoms with E-state index in [9.17, 15) is 9.90 Å². The van der Waals surface area contributed by atoms with Gasteiger partial charge in [-0.15, -0.1) is 0 Å². The Bertz CT molecular complexity index is 478. The van der Waals surface area contributed by atoms with Crippen molar-refractivity contribution < 1.29 is 14.6 Å². The van der Waals surface area contributed by atoms with Crippen LogP contribution in [0.3, 0.4) is 0 Å². The molecule has 1 heterocycles. The summed E-state index contributed by atoms with van der Waals surface area (Å²) < 4.78 is 6.78. The Balaban J connectivity index is 2.63. The third-order valence-corrected chi connectivity index (χ3v) is 3.85. The zero-order valence-electron chi connectivity index (χ0n) is 9.28. The van der Waals surface area contributed by atoms with Crippen LogP contribution in [0.2, 0.25) is 0 Å². The fourth-order valence-electron chi connectivity index (χ4n) is 2.07. The summed E-state index contributed by atoms with van der Waals surface area (Å²) in [5, 5.41) is 10.2. The lowest BCUT2D eigenvalue weighted by Gasteiger charge is -2.24. The lowest BCUT2D eigenvalue weighted by molar-refractivity contribution is -0.120. The van der Waals surface area contributed by atoms with Gasteiger partial charge in [-0.05, 0) is 12.1 Å². The molecule has 0 radical (unpaired) electrons. The van der Waals surface area contributed by atoms with E-state index < -0.39 is 12.3 Å². The van der Waals surface area contributed by atoms with Gasteiger partial charge in [0, 0.05) is 28.5 Å². The highest BCUT2D eigenvalue weighted by molar-refractivity contribution is 9.11. The number of amides is 1. The number of rotatable bonds is 1. The van der Waals surface area contributed by atoms with Crippen LogP contribution >= 0.6 is 31.9 Å². The molecule has 17 heavy (non-hydrogen) atoms. The SMILES string of the molecule is COC1C(O)c2c(Br)cc(Br)cc2N1C(C)=O. The zero-order chi connectivity index (χ0) is 12.7. The molecule has 1 aromatic rings. The number of nitrogens with zero attached hydrogens (tertiary/aromatic N) is 1. The molecular weight excluding hydrogens is 354 g/mol. The molecule has 0 aliphatic carbocycles. The van der Waals surface area contributed by atoms with Gasteiger partial charge in [-0.2, -0.15) is 0 Å². The highest BCUT2D eigenvalue weighted by Crippen LogP contribution is 2.45. The number of halogens is 2. The van der Waals surface area contributed by atoms with E-state index in [0.717, 1.165) is 8.95 Å². The molecule has 0 saturated carbocycles. The van der Waals surface area contributed by atoms with Crippen molar-refractivity contribution in [1.82, 2.24) is 0 Å². The van der Waals surface area contributed by atoms with Gasteiger partial charge in [0.2, 0.25) is 5.91 Å². The Hall–Kier alpha value is -0.430. The minimum absolute atomic E-state index is 0.167. The minimum atomic E-state index is -0.846. The van der Waals surface area contributed by atoms with Gasteiger partial charge in [0.1, 0.15) is 6.10 Å². The van der Waals surface area contributed by atoms with Crippen molar-refractivity contribution in [2.24, 2.45) is 0 Å². The van der Waals surface area contributed by atoms with Crippen LogP contribution in [0.5, 0.6) is 0 Å². The summed E-state index contributed by atoms with van der Waals surface area (Å²) in [5.74, 6) is -0.167. The molecule has 92 valence electrons. The molecule has 6 heteroatoms. The van der Waals surface area contributed by atoms with Crippen molar-refractivity contribution in [2.45, 2.75) is 19.3 Å². The second-order valence-corrected chi connectivity index (χ2v) is 5.55. The van der Waals surface area contributed by atoms with E-state index >= 15 is 0 Å². The molecule has 1 aromatic carbocycles. The zero-order valence-corrected chi connectivity index (χ0v) is 12.4.